The van der Waals surface area contributed by atoms with Crippen molar-refractivity contribution in [2.24, 2.45) is 0 Å². The van der Waals surface area contributed by atoms with Gasteiger partial charge in [-0.1, -0.05) is 0 Å². The van der Waals surface area contributed by atoms with Crippen LogP contribution in [0.4, 0.5) is 0 Å². The molecule has 1 aliphatic heterocycles. The molecular formula is C3H4BIO3. The normalized spacial score (nSPS) is 28.5. The summed E-state index contributed by atoms with van der Waals surface area (Å²) in [5, 5.41) is 0. The monoisotopic (exact) mass is 226 g/mol. The first-order valence-corrected chi connectivity index (χ1v) is 3.45. The van der Waals surface area contributed by atoms with Crippen LogP contribution >= 0.6 is 22.6 Å². The molecule has 0 amide bonds. The van der Waals surface area contributed by atoms with Crippen LogP contribution in [0, 0.1) is 0 Å². The standard InChI is InChI=1S/C3H4BIO3/c1-4-7-2(5)3(6)8-4/h2H,1H3/t2-/m0/s1. The molecule has 0 saturated carbocycles. The van der Waals surface area contributed by atoms with E-state index in [9.17, 15) is 4.79 Å². The van der Waals surface area contributed by atoms with E-state index in [0.717, 1.165) is 0 Å². The van der Waals surface area contributed by atoms with Crippen LogP contribution in [-0.2, 0) is 14.1 Å². The van der Waals surface area contributed by atoms with Crippen LogP contribution in [0.15, 0.2) is 0 Å². The predicted octanol–water partition coefficient (Wildman–Crippen LogP) is 0.439. The van der Waals surface area contributed by atoms with E-state index in [4.69, 9.17) is 4.65 Å². The molecule has 1 atom stereocenters. The molecule has 5 heteroatoms. The maximum absolute atomic E-state index is 10.4. The SMILES string of the molecule is CB1OC(=O)[C@@H](I)O1. The number of carbonyl (C=O) groups is 1. The van der Waals surface area contributed by atoms with Gasteiger partial charge in [0, 0.05) is 0 Å². The molecule has 0 aromatic heterocycles. The van der Waals surface area contributed by atoms with Gasteiger partial charge in [0.25, 0.3) is 0 Å². The van der Waals surface area contributed by atoms with Gasteiger partial charge >= 0.3 is 13.1 Å². The highest BCUT2D eigenvalue weighted by Crippen LogP contribution is 2.14. The van der Waals surface area contributed by atoms with E-state index in [1.54, 1.807) is 6.82 Å². The summed E-state index contributed by atoms with van der Waals surface area (Å²) in [6, 6.07) is 0. The number of alkyl halides is 1. The van der Waals surface area contributed by atoms with Crippen molar-refractivity contribution in [3.05, 3.63) is 0 Å². The highest BCUT2D eigenvalue weighted by atomic mass is 127. The second-order valence-electron chi connectivity index (χ2n) is 1.46. The molecule has 0 spiro atoms. The van der Waals surface area contributed by atoms with Gasteiger partial charge in [-0.15, -0.1) is 0 Å². The van der Waals surface area contributed by atoms with Crippen molar-refractivity contribution in [1.29, 1.82) is 0 Å². The third-order valence-electron chi connectivity index (χ3n) is 0.779. The zero-order valence-electron chi connectivity index (χ0n) is 4.26. The van der Waals surface area contributed by atoms with Gasteiger partial charge in [-0.2, -0.15) is 0 Å². The third-order valence-corrected chi connectivity index (χ3v) is 1.58. The number of carbonyl (C=O) groups excluding carboxylic acids is 1. The summed E-state index contributed by atoms with van der Waals surface area (Å²) >= 11 is 1.88. The Kier molecular flexibility index (Phi) is 1.76. The molecule has 0 unspecified atom stereocenters. The van der Waals surface area contributed by atoms with Crippen molar-refractivity contribution in [2.45, 2.75) is 10.9 Å². The van der Waals surface area contributed by atoms with Crippen molar-refractivity contribution < 1.29 is 14.1 Å². The van der Waals surface area contributed by atoms with E-state index in [1.165, 1.54) is 0 Å². The Morgan fingerprint density at radius 2 is 2.50 bits per heavy atom. The van der Waals surface area contributed by atoms with Gasteiger partial charge in [0.1, 0.15) is 0 Å². The summed E-state index contributed by atoms with van der Waals surface area (Å²) in [6.07, 6.45) is 0. The first-order valence-electron chi connectivity index (χ1n) is 2.20. The van der Waals surface area contributed by atoms with Crippen LogP contribution in [0.3, 0.4) is 0 Å². The van der Waals surface area contributed by atoms with E-state index in [0.29, 0.717) is 0 Å². The minimum absolute atomic E-state index is 0.280. The van der Waals surface area contributed by atoms with Crippen LogP contribution in [0.1, 0.15) is 0 Å². The first-order chi connectivity index (χ1) is 3.70. The fourth-order valence-corrected chi connectivity index (χ4v) is 1.03. The number of rotatable bonds is 0. The van der Waals surface area contributed by atoms with Gasteiger partial charge < -0.3 is 9.31 Å². The van der Waals surface area contributed by atoms with Gasteiger partial charge in [0.15, 0.2) is 4.11 Å². The first kappa shape index (κ1) is 6.35. The lowest BCUT2D eigenvalue weighted by molar-refractivity contribution is -0.132. The summed E-state index contributed by atoms with van der Waals surface area (Å²) in [7, 11) is -0.357. The lowest BCUT2D eigenvalue weighted by atomic mass is 9.97. The summed E-state index contributed by atoms with van der Waals surface area (Å²) < 4.78 is 9.09. The summed E-state index contributed by atoms with van der Waals surface area (Å²) in [5.74, 6) is -0.280. The predicted molar refractivity (Wildman–Crippen MR) is 36.6 cm³/mol. The fraction of sp³-hybridized carbons (Fsp3) is 0.667. The minimum atomic E-state index is -0.400. The van der Waals surface area contributed by atoms with E-state index >= 15 is 0 Å². The van der Waals surface area contributed by atoms with Gasteiger partial charge in [-0.25, -0.2) is 0 Å². The molecule has 0 N–H and O–H groups in total. The summed E-state index contributed by atoms with van der Waals surface area (Å²) in [5.41, 5.74) is 0. The Morgan fingerprint density at radius 3 is 2.62 bits per heavy atom. The van der Waals surface area contributed by atoms with Crippen molar-refractivity contribution in [2.75, 3.05) is 0 Å². The van der Waals surface area contributed by atoms with Crippen LogP contribution < -0.4 is 0 Å². The van der Waals surface area contributed by atoms with E-state index in [-0.39, 0.29) is 13.1 Å². The maximum atomic E-state index is 10.4. The van der Waals surface area contributed by atoms with Crippen molar-refractivity contribution in [1.82, 2.24) is 0 Å². The Labute approximate surface area is 61.0 Å². The molecule has 0 bridgehead atoms. The Morgan fingerprint density at radius 1 is 1.88 bits per heavy atom. The highest BCUT2D eigenvalue weighted by Gasteiger charge is 2.33. The summed E-state index contributed by atoms with van der Waals surface area (Å²) in [6.45, 7) is 1.69. The lowest BCUT2D eigenvalue weighted by Crippen LogP contribution is -2.07. The molecular weight excluding hydrogens is 222 g/mol. The highest BCUT2D eigenvalue weighted by molar-refractivity contribution is 14.1. The molecule has 0 aliphatic carbocycles. The number of hydrogen-bond acceptors (Lipinski definition) is 3. The molecule has 1 aliphatic rings. The molecule has 1 rings (SSSR count). The summed E-state index contributed by atoms with van der Waals surface area (Å²) in [4.78, 5) is 10.4. The lowest BCUT2D eigenvalue weighted by Gasteiger charge is -1.89. The maximum Gasteiger partial charge on any atom is 0.525 e. The second kappa shape index (κ2) is 2.22. The molecule has 0 aromatic rings. The van der Waals surface area contributed by atoms with Crippen molar-refractivity contribution in [3.8, 4) is 0 Å². The van der Waals surface area contributed by atoms with Crippen molar-refractivity contribution in [3.63, 3.8) is 0 Å². The topological polar surface area (TPSA) is 35.5 Å². The van der Waals surface area contributed by atoms with Crippen LogP contribution in [0.2, 0.25) is 6.82 Å². The van der Waals surface area contributed by atoms with Gasteiger partial charge in [0.2, 0.25) is 0 Å². The molecule has 0 radical (unpaired) electrons. The van der Waals surface area contributed by atoms with E-state index < -0.39 is 4.11 Å². The van der Waals surface area contributed by atoms with Crippen LogP contribution in [0.5, 0.6) is 0 Å². The molecule has 8 heavy (non-hydrogen) atoms. The number of halogens is 1. The second-order valence-corrected chi connectivity index (χ2v) is 2.59. The minimum Gasteiger partial charge on any atom is -0.507 e. The average molecular weight is 226 g/mol. The van der Waals surface area contributed by atoms with Gasteiger partial charge in [0.05, 0.1) is 0 Å². The Balaban J connectivity index is 2.51. The molecule has 0 aromatic carbocycles. The average Bonchev–Trinajstić information content (AvgIpc) is 1.85. The van der Waals surface area contributed by atoms with Gasteiger partial charge in [-0.05, 0) is 29.4 Å². The van der Waals surface area contributed by atoms with E-state index in [1.807, 2.05) is 22.6 Å². The Hall–Kier alpha value is 0.225. The largest absolute Gasteiger partial charge is 0.525 e. The number of hydrogen-bond donors (Lipinski definition) is 0. The molecule has 1 fully saturated rings. The van der Waals surface area contributed by atoms with Gasteiger partial charge in [-0.3, -0.25) is 4.79 Å². The smallest absolute Gasteiger partial charge is 0.507 e. The van der Waals surface area contributed by atoms with Crippen LogP contribution in [-0.4, -0.2) is 17.2 Å². The molecule has 1 saturated heterocycles. The molecule has 1 heterocycles. The van der Waals surface area contributed by atoms with Crippen molar-refractivity contribution >= 4 is 35.7 Å². The van der Waals surface area contributed by atoms with Crippen LogP contribution in [0.25, 0.3) is 0 Å². The zero-order valence-corrected chi connectivity index (χ0v) is 6.41. The quantitative estimate of drug-likeness (QED) is 0.341. The third kappa shape index (κ3) is 1.14. The zero-order chi connectivity index (χ0) is 6.15. The Bertz CT molecular complexity index is 117. The molecule has 44 valence electrons. The fourth-order valence-electron chi connectivity index (χ4n) is 0.469. The molecule has 3 nitrogen and oxygen atoms in total. The van der Waals surface area contributed by atoms with E-state index in [2.05, 4.69) is 4.65 Å².